The van der Waals surface area contributed by atoms with Crippen LogP contribution in [0.2, 0.25) is 0 Å². The summed E-state index contributed by atoms with van der Waals surface area (Å²) in [5.74, 6) is 1.62. The fourth-order valence-corrected chi connectivity index (χ4v) is 15.5. The highest BCUT2D eigenvalue weighted by Crippen LogP contribution is 2.64. The van der Waals surface area contributed by atoms with Crippen LogP contribution in [-0.4, -0.2) is 23.4 Å². The maximum atomic E-state index is 5.79. The molecular formula is C79H60N4O2S. The summed E-state index contributed by atoms with van der Waals surface area (Å²) in [6.45, 7) is 6.20. The number of hydrogen-bond donors (Lipinski definition) is 0. The van der Waals surface area contributed by atoms with E-state index in [1.165, 1.54) is 109 Å². The van der Waals surface area contributed by atoms with E-state index >= 15 is 0 Å². The Bertz CT molecular complexity index is 4660. The maximum absolute atomic E-state index is 5.79. The molecule has 0 unspecified atom stereocenters. The summed E-state index contributed by atoms with van der Waals surface area (Å²) in [4.78, 5) is 7.37. The number of ether oxygens (including phenoxy) is 2. The molecule has 0 fully saturated rings. The first-order valence-corrected chi connectivity index (χ1v) is 30.5. The Morgan fingerprint density at radius 3 is 1.08 bits per heavy atom. The average Bonchev–Trinajstić information content (AvgIpc) is 1.49. The fourth-order valence-electron chi connectivity index (χ4n) is 14.3. The van der Waals surface area contributed by atoms with Gasteiger partial charge in [-0.15, -0.1) is 0 Å². The molecule has 16 rings (SSSR count). The molecule has 3 heterocycles. The van der Waals surface area contributed by atoms with Gasteiger partial charge in [0.05, 0.1) is 19.6 Å². The van der Waals surface area contributed by atoms with Crippen LogP contribution < -0.4 is 19.3 Å². The average molecular weight is 1130 g/mol. The first kappa shape index (κ1) is 51.4. The monoisotopic (exact) mass is 1130 g/mol. The van der Waals surface area contributed by atoms with Crippen LogP contribution in [0.5, 0.6) is 11.5 Å². The van der Waals surface area contributed by atoms with Crippen molar-refractivity contribution in [2.24, 2.45) is 0 Å². The normalized spacial score (nSPS) is 12.8. The lowest BCUT2D eigenvalue weighted by atomic mass is 9.67. The number of aryl methyl sites for hydroxylation is 2. The minimum Gasteiger partial charge on any atom is -0.497 e. The molecule has 14 aromatic rings. The zero-order valence-electron chi connectivity index (χ0n) is 48.3. The predicted octanol–water partition coefficient (Wildman–Crippen LogP) is 21.1. The smallest absolute Gasteiger partial charge is 0.119 e. The molecule has 414 valence electrons. The number of hydrogen-bond acceptors (Lipinski definition) is 5. The molecule has 0 amide bonds. The lowest BCUT2D eigenvalue weighted by Gasteiger charge is -2.40. The number of methoxy groups -OCH3 is 2. The van der Waals surface area contributed by atoms with Crippen LogP contribution in [0.1, 0.15) is 36.1 Å². The molecule has 86 heavy (non-hydrogen) atoms. The second-order valence-electron chi connectivity index (χ2n) is 22.5. The van der Waals surface area contributed by atoms with Crippen LogP contribution >= 0.6 is 11.8 Å². The quantitative estimate of drug-likeness (QED) is 0.122. The van der Waals surface area contributed by atoms with Crippen molar-refractivity contribution in [1.29, 1.82) is 0 Å². The van der Waals surface area contributed by atoms with Crippen molar-refractivity contribution in [3.05, 3.63) is 289 Å². The lowest BCUT2D eigenvalue weighted by molar-refractivity contribution is 0.414. The third-order valence-electron chi connectivity index (χ3n) is 18.1. The summed E-state index contributed by atoms with van der Waals surface area (Å²) in [6.07, 6.45) is 0. The Balaban J connectivity index is 0.917. The van der Waals surface area contributed by atoms with E-state index in [0.29, 0.717) is 0 Å². The summed E-state index contributed by atoms with van der Waals surface area (Å²) >= 11 is 1.87. The molecule has 2 aromatic heterocycles. The third kappa shape index (κ3) is 7.95. The van der Waals surface area contributed by atoms with E-state index in [2.05, 4.69) is 300 Å². The van der Waals surface area contributed by atoms with Gasteiger partial charge >= 0.3 is 0 Å². The minimum atomic E-state index is -0.703. The molecule has 1 aliphatic carbocycles. The van der Waals surface area contributed by atoms with Gasteiger partial charge in [0.2, 0.25) is 0 Å². The third-order valence-corrected chi connectivity index (χ3v) is 19.3. The summed E-state index contributed by atoms with van der Waals surface area (Å²) < 4.78 is 16.5. The van der Waals surface area contributed by atoms with E-state index in [-0.39, 0.29) is 0 Å². The molecule has 0 saturated carbocycles. The Labute approximate surface area is 505 Å². The number of benzene rings is 12. The molecule has 0 bridgehead atoms. The van der Waals surface area contributed by atoms with E-state index in [1.54, 1.807) is 14.2 Å². The van der Waals surface area contributed by atoms with Crippen molar-refractivity contribution >= 4 is 89.5 Å². The van der Waals surface area contributed by atoms with E-state index < -0.39 is 5.41 Å². The first-order chi connectivity index (χ1) is 42.4. The Hall–Kier alpha value is -10.2. The molecule has 2 aliphatic rings. The van der Waals surface area contributed by atoms with Crippen LogP contribution in [0.4, 0.5) is 34.1 Å². The van der Waals surface area contributed by atoms with E-state index in [1.807, 2.05) is 11.8 Å². The van der Waals surface area contributed by atoms with E-state index in [4.69, 9.17) is 9.47 Å². The Morgan fingerprint density at radius 1 is 0.326 bits per heavy atom. The Morgan fingerprint density at radius 2 is 0.674 bits per heavy atom. The summed E-state index contributed by atoms with van der Waals surface area (Å²) in [5, 5.41) is 4.91. The first-order valence-electron chi connectivity index (χ1n) is 29.7. The van der Waals surface area contributed by atoms with E-state index in [0.717, 1.165) is 58.7 Å². The topological polar surface area (TPSA) is 34.8 Å². The van der Waals surface area contributed by atoms with Gasteiger partial charge in [-0.1, -0.05) is 133 Å². The zero-order chi connectivity index (χ0) is 57.6. The van der Waals surface area contributed by atoms with Gasteiger partial charge in [0.15, 0.2) is 0 Å². The van der Waals surface area contributed by atoms with Gasteiger partial charge in [-0.05, 0) is 215 Å². The SMILES string of the molecule is CCn1c2ccc(-c3ccccc3)cc2c2cc(N(c3ccc(OC)cc3)c3ccc4c(c3)C3(c5ccccc5Sc5ccccc53)c3cc(N(c5ccc(OC)cc5)c5ccc6c(c5)c5cc(-c7ccccc7)ccc5n6CC)ccc3-4)ccc21. The molecule has 7 heteroatoms. The highest BCUT2D eigenvalue weighted by Gasteiger charge is 2.51. The standard InChI is InChI=1S/C79H60N4O2S/c1-5-80-73-41-25-53(51-17-9-7-10-18-51)45-65(73)67-47-57(33-43-75(67)80)82(55-27-35-61(84-3)36-28-55)59-31-39-63-64-40-32-60(50-72(64)79(71(63)49-59)69-21-13-15-23-77(69)86-78-24-16-14-22-70(78)79)83(56-29-37-62(85-4)38-30-56)58-34-44-76-68(48-58)66-46-54(52-19-11-8-12-20-52)26-42-74(66)81(76)6-2/h7-50H,5-6H2,1-4H3. The van der Waals surface area contributed by atoms with Gasteiger partial charge in [0, 0.05) is 101 Å². The van der Waals surface area contributed by atoms with Crippen molar-refractivity contribution in [1.82, 2.24) is 9.13 Å². The van der Waals surface area contributed by atoms with Crippen LogP contribution in [0.3, 0.4) is 0 Å². The number of fused-ring (bicyclic) bond motifs is 15. The minimum absolute atomic E-state index is 0.703. The fraction of sp³-hybridized carbons (Fsp3) is 0.0886. The van der Waals surface area contributed by atoms with Gasteiger partial charge in [-0.25, -0.2) is 0 Å². The molecule has 0 atom stereocenters. The maximum Gasteiger partial charge on any atom is 0.119 e. The van der Waals surface area contributed by atoms with Crippen LogP contribution in [0.25, 0.3) is 77.0 Å². The summed E-state index contributed by atoms with van der Waals surface area (Å²) in [5.41, 5.74) is 22.8. The molecule has 0 saturated heterocycles. The van der Waals surface area contributed by atoms with Crippen LogP contribution in [0.15, 0.2) is 277 Å². The van der Waals surface area contributed by atoms with Crippen molar-refractivity contribution < 1.29 is 9.47 Å². The highest BCUT2D eigenvalue weighted by atomic mass is 32.2. The molecule has 6 nitrogen and oxygen atoms in total. The van der Waals surface area contributed by atoms with Crippen molar-refractivity contribution in [3.8, 4) is 44.9 Å². The number of anilines is 6. The van der Waals surface area contributed by atoms with Gasteiger partial charge in [-0.3, -0.25) is 0 Å². The van der Waals surface area contributed by atoms with Gasteiger partial charge < -0.3 is 28.4 Å². The second-order valence-corrected chi connectivity index (χ2v) is 23.5. The lowest BCUT2D eigenvalue weighted by Crippen LogP contribution is -2.32. The second kappa shape index (κ2) is 20.5. The number of aromatic nitrogens is 2. The van der Waals surface area contributed by atoms with Crippen LogP contribution in [0, 0.1) is 0 Å². The van der Waals surface area contributed by atoms with Crippen molar-refractivity contribution in [2.45, 2.75) is 42.1 Å². The number of nitrogens with zero attached hydrogens (tertiary/aromatic N) is 4. The molecule has 1 spiro atoms. The summed E-state index contributed by atoms with van der Waals surface area (Å²) in [6, 6.07) is 99.0. The number of rotatable bonds is 12. The predicted molar refractivity (Wildman–Crippen MR) is 359 cm³/mol. The van der Waals surface area contributed by atoms with Gasteiger partial charge in [0.1, 0.15) is 11.5 Å². The highest BCUT2D eigenvalue weighted by molar-refractivity contribution is 7.99. The molecule has 0 radical (unpaired) electrons. The molecular weight excluding hydrogens is 1070 g/mol. The molecule has 1 aliphatic heterocycles. The van der Waals surface area contributed by atoms with Gasteiger partial charge in [-0.2, -0.15) is 0 Å². The van der Waals surface area contributed by atoms with Crippen molar-refractivity contribution in [2.75, 3.05) is 24.0 Å². The van der Waals surface area contributed by atoms with Crippen LogP contribution in [-0.2, 0) is 18.5 Å². The van der Waals surface area contributed by atoms with Crippen molar-refractivity contribution in [3.63, 3.8) is 0 Å². The molecule has 0 N–H and O–H groups in total. The summed E-state index contributed by atoms with van der Waals surface area (Å²) in [7, 11) is 3.47. The largest absolute Gasteiger partial charge is 0.497 e. The molecule has 12 aromatic carbocycles. The van der Waals surface area contributed by atoms with E-state index in [9.17, 15) is 0 Å². The Kier molecular flexibility index (Phi) is 12.3. The zero-order valence-corrected chi connectivity index (χ0v) is 49.1. The van der Waals surface area contributed by atoms with Gasteiger partial charge in [0.25, 0.3) is 0 Å².